The molecule has 94 valence electrons. The first-order chi connectivity index (χ1) is 7.99. The molecule has 0 aliphatic heterocycles. The van der Waals surface area contributed by atoms with Crippen LogP contribution in [0, 0.1) is 19.8 Å². The van der Waals surface area contributed by atoms with Crippen LogP contribution in [-0.2, 0) is 0 Å². The van der Waals surface area contributed by atoms with E-state index in [1.54, 1.807) is 0 Å². The predicted molar refractivity (Wildman–Crippen MR) is 74.5 cm³/mol. The van der Waals surface area contributed by atoms with Crippen LogP contribution in [0.3, 0.4) is 0 Å². The summed E-state index contributed by atoms with van der Waals surface area (Å²) in [5.74, 6) is 0.762. The second kappa shape index (κ2) is 4.34. The number of nitrogens with two attached hydrogens (primary N) is 1. The lowest BCUT2D eigenvalue weighted by molar-refractivity contribution is 0.397. The van der Waals surface area contributed by atoms with E-state index in [4.69, 9.17) is 5.73 Å². The lowest BCUT2D eigenvalue weighted by Gasteiger charge is -2.41. The van der Waals surface area contributed by atoms with Gasteiger partial charge in [-0.3, -0.25) is 0 Å². The molecule has 1 aromatic rings. The van der Waals surface area contributed by atoms with E-state index in [2.05, 4.69) is 50.9 Å². The highest BCUT2D eigenvalue weighted by molar-refractivity contribution is 5.56. The van der Waals surface area contributed by atoms with Gasteiger partial charge >= 0.3 is 0 Å². The fourth-order valence-corrected chi connectivity index (χ4v) is 2.74. The Kier molecular flexibility index (Phi) is 3.17. The molecule has 0 heterocycles. The van der Waals surface area contributed by atoms with Gasteiger partial charge in [0.1, 0.15) is 0 Å². The molecular formula is C15H24N2. The van der Waals surface area contributed by atoms with Crippen LogP contribution in [0.15, 0.2) is 18.2 Å². The Morgan fingerprint density at radius 1 is 1.35 bits per heavy atom. The summed E-state index contributed by atoms with van der Waals surface area (Å²) in [4.78, 5) is 2.39. The van der Waals surface area contributed by atoms with Crippen LogP contribution in [0.1, 0.15) is 30.9 Å². The van der Waals surface area contributed by atoms with Crippen molar-refractivity contribution in [3.05, 3.63) is 29.3 Å². The average Bonchev–Trinajstić information content (AvgIpc) is 3.11. The highest BCUT2D eigenvalue weighted by Crippen LogP contribution is 2.44. The van der Waals surface area contributed by atoms with Gasteiger partial charge < -0.3 is 10.6 Å². The topological polar surface area (TPSA) is 29.3 Å². The van der Waals surface area contributed by atoms with Crippen molar-refractivity contribution in [3.63, 3.8) is 0 Å². The summed E-state index contributed by atoms with van der Waals surface area (Å²) in [5.41, 5.74) is 10.1. The number of hydrogen-bond acceptors (Lipinski definition) is 2. The van der Waals surface area contributed by atoms with E-state index in [0.717, 1.165) is 12.5 Å². The molecule has 2 N–H and O–H groups in total. The van der Waals surface area contributed by atoms with Crippen molar-refractivity contribution in [1.29, 1.82) is 0 Å². The first-order valence-corrected chi connectivity index (χ1v) is 6.50. The molecule has 0 bridgehead atoms. The molecule has 17 heavy (non-hydrogen) atoms. The van der Waals surface area contributed by atoms with Gasteiger partial charge in [-0.15, -0.1) is 0 Å². The number of rotatable bonds is 4. The Labute approximate surface area is 105 Å². The highest BCUT2D eigenvalue weighted by Gasteiger charge is 2.43. The van der Waals surface area contributed by atoms with Gasteiger partial charge in [-0.2, -0.15) is 0 Å². The van der Waals surface area contributed by atoms with Crippen LogP contribution in [0.4, 0.5) is 5.69 Å². The SMILES string of the molecule is Cc1ccc(N(C)C(C)(CN)C2CC2)c(C)c1. The zero-order valence-electron chi connectivity index (χ0n) is 11.5. The molecule has 0 aromatic heterocycles. The number of hydrogen-bond donors (Lipinski definition) is 1. The zero-order chi connectivity index (χ0) is 12.6. The van der Waals surface area contributed by atoms with Crippen molar-refractivity contribution < 1.29 is 0 Å². The third kappa shape index (κ3) is 2.19. The van der Waals surface area contributed by atoms with Crippen LogP contribution in [0.25, 0.3) is 0 Å². The van der Waals surface area contributed by atoms with Gasteiger partial charge in [0, 0.05) is 19.3 Å². The van der Waals surface area contributed by atoms with Gasteiger partial charge in [0.2, 0.25) is 0 Å². The molecule has 1 atom stereocenters. The summed E-state index contributed by atoms with van der Waals surface area (Å²) in [5, 5.41) is 0. The van der Waals surface area contributed by atoms with Gasteiger partial charge in [0.05, 0.1) is 5.54 Å². The van der Waals surface area contributed by atoms with Crippen molar-refractivity contribution >= 4 is 5.69 Å². The maximum atomic E-state index is 6.02. The molecule has 1 unspecified atom stereocenters. The standard InChI is InChI=1S/C15H24N2/c1-11-5-8-14(12(2)9-11)17(4)15(3,10-16)13-6-7-13/h5,8-9,13H,6-7,10,16H2,1-4H3. The number of benzene rings is 1. The number of likely N-dealkylation sites (N-methyl/N-ethyl adjacent to an activating group) is 1. The van der Waals surface area contributed by atoms with Gasteiger partial charge in [0.25, 0.3) is 0 Å². The third-order valence-electron chi connectivity index (χ3n) is 4.35. The summed E-state index contributed by atoms with van der Waals surface area (Å²) in [6.07, 6.45) is 2.64. The van der Waals surface area contributed by atoms with Gasteiger partial charge in [-0.25, -0.2) is 0 Å². The van der Waals surface area contributed by atoms with E-state index in [-0.39, 0.29) is 5.54 Å². The summed E-state index contributed by atoms with van der Waals surface area (Å²) >= 11 is 0. The first kappa shape index (κ1) is 12.4. The summed E-state index contributed by atoms with van der Waals surface area (Å²) in [6, 6.07) is 6.65. The summed E-state index contributed by atoms with van der Waals surface area (Å²) in [7, 11) is 2.18. The lowest BCUT2D eigenvalue weighted by Crippen LogP contribution is -2.52. The van der Waals surface area contributed by atoms with Crippen molar-refractivity contribution in [1.82, 2.24) is 0 Å². The molecule has 1 aliphatic carbocycles. The molecule has 2 heteroatoms. The van der Waals surface area contributed by atoms with E-state index in [9.17, 15) is 0 Å². The van der Waals surface area contributed by atoms with Crippen molar-refractivity contribution in [2.45, 2.75) is 39.2 Å². The number of anilines is 1. The third-order valence-corrected chi connectivity index (χ3v) is 4.35. The molecule has 1 saturated carbocycles. The fraction of sp³-hybridized carbons (Fsp3) is 0.600. The molecule has 2 nitrogen and oxygen atoms in total. The Morgan fingerprint density at radius 3 is 2.47 bits per heavy atom. The summed E-state index contributed by atoms with van der Waals surface area (Å²) in [6.45, 7) is 7.34. The Balaban J connectivity index is 2.32. The fourth-order valence-electron chi connectivity index (χ4n) is 2.74. The van der Waals surface area contributed by atoms with E-state index >= 15 is 0 Å². The Hall–Kier alpha value is -1.02. The van der Waals surface area contributed by atoms with Crippen molar-refractivity contribution in [2.75, 3.05) is 18.5 Å². The second-order valence-electron chi connectivity index (χ2n) is 5.68. The molecule has 0 saturated heterocycles. The maximum Gasteiger partial charge on any atom is 0.0521 e. The monoisotopic (exact) mass is 232 g/mol. The normalized spacial score (nSPS) is 18.9. The van der Waals surface area contributed by atoms with Crippen molar-refractivity contribution in [3.8, 4) is 0 Å². The molecule has 1 fully saturated rings. The Morgan fingerprint density at radius 2 is 2.00 bits per heavy atom. The molecular weight excluding hydrogens is 208 g/mol. The molecule has 2 rings (SSSR count). The van der Waals surface area contributed by atoms with Gasteiger partial charge in [0.15, 0.2) is 0 Å². The number of nitrogens with zero attached hydrogens (tertiary/aromatic N) is 1. The van der Waals surface area contributed by atoms with E-state index in [1.807, 2.05) is 0 Å². The number of aryl methyl sites for hydroxylation is 2. The van der Waals surface area contributed by atoms with Gasteiger partial charge in [-0.1, -0.05) is 17.7 Å². The zero-order valence-corrected chi connectivity index (χ0v) is 11.5. The minimum atomic E-state index is 0.111. The van der Waals surface area contributed by atoms with Crippen LogP contribution < -0.4 is 10.6 Å². The second-order valence-corrected chi connectivity index (χ2v) is 5.68. The minimum Gasteiger partial charge on any atom is -0.367 e. The maximum absolute atomic E-state index is 6.02. The lowest BCUT2D eigenvalue weighted by atomic mass is 9.92. The average molecular weight is 232 g/mol. The van der Waals surface area contributed by atoms with Crippen LogP contribution in [0.5, 0.6) is 0 Å². The van der Waals surface area contributed by atoms with E-state index in [0.29, 0.717) is 0 Å². The Bertz CT molecular complexity index is 409. The summed E-state index contributed by atoms with van der Waals surface area (Å²) < 4.78 is 0. The molecule has 0 amide bonds. The largest absolute Gasteiger partial charge is 0.367 e. The highest BCUT2D eigenvalue weighted by atomic mass is 15.2. The van der Waals surface area contributed by atoms with Gasteiger partial charge in [-0.05, 0) is 51.2 Å². The molecule has 0 radical (unpaired) electrons. The molecule has 1 aliphatic rings. The minimum absolute atomic E-state index is 0.111. The van der Waals surface area contributed by atoms with Crippen LogP contribution >= 0.6 is 0 Å². The van der Waals surface area contributed by atoms with Crippen molar-refractivity contribution in [2.24, 2.45) is 11.7 Å². The quantitative estimate of drug-likeness (QED) is 0.865. The predicted octanol–water partition coefficient (Wildman–Crippen LogP) is 2.87. The molecule has 0 spiro atoms. The smallest absolute Gasteiger partial charge is 0.0521 e. The van der Waals surface area contributed by atoms with Crippen LogP contribution in [0.2, 0.25) is 0 Å². The molecule has 1 aromatic carbocycles. The van der Waals surface area contributed by atoms with Crippen LogP contribution in [-0.4, -0.2) is 19.1 Å². The van der Waals surface area contributed by atoms with E-state index < -0.39 is 0 Å². The first-order valence-electron chi connectivity index (χ1n) is 6.50. The van der Waals surface area contributed by atoms with E-state index in [1.165, 1.54) is 29.7 Å².